The molecule has 1 N–H and O–H groups in total. The standard InChI is InChI=1S/C3H6ClO3PS/c1-8(9,3(5)6)7-2-4/h2H2,1H3,(H,5,6). The Balaban J connectivity index is 4.04. The minimum Gasteiger partial charge on any atom is -0.476 e. The normalized spacial score (nSPS) is 16.7. The van der Waals surface area contributed by atoms with Gasteiger partial charge >= 0.3 is 5.71 Å². The Morgan fingerprint density at radius 2 is 2.44 bits per heavy atom. The molecule has 6 heteroatoms. The number of alkyl halides is 1. The molecule has 0 radical (unpaired) electrons. The Labute approximate surface area is 63.0 Å². The molecule has 1 atom stereocenters. The molecule has 0 aromatic rings. The molecular weight excluding hydrogens is 183 g/mol. The van der Waals surface area contributed by atoms with E-state index in [4.69, 9.17) is 16.7 Å². The third kappa shape index (κ3) is 3.16. The van der Waals surface area contributed by atoms with Gasteiger partial charge in [-0.15, -0.1) is 0 Å². The maximum Gasteiger partial charge on any atom is 0.359 e. The van der Waals surface area contributed by atoms with Gasteiger partial charge in [-0.1, -0.05) is 23.4 Å². The van der Waals surface area contributed by atoms with Gasteiger partial charge in [-0.05, 0) is 6.66 Å². The van der Waals surface area contributed by atoms with Gasteiger partial charge in [0.25, 0.3) is 0 Å². The summed E-state index contributed by atoms with van der Waals surface area (Å²) in [5.41, 5.74) is -1.09. The van der Waals surface area contributed by atoms with Crippen molar-refractivity contribution >= 4 is 35.4 Å². The zero-order valence-corrected chi connectivity index (χ0v) is 7.17. The van der Waals surface area contributed by atoms with E-state index in [1.807, 2.05) is 0 Å². The van der Waals surface area contributed by atoms with Crippen LogP contribution in [0.2, 0.25) is 0 Å². The van der Waals surface area contributed by atoms with Crippen LogP contribution in [0.4, 0.5) is 4.79 Å². The molecule has 0 saturated carbocycles. The molecule has 0 saturated heterocycles. The molecule has 0 aliphatic carbocycles. The molecule has 0 rings (SSSR count). The second-order valence-corrected chi connectivity index (χ2v) is 6.01. The van der Waals surface area contributed by atoms with E-state index >= 15 is 0 Å². The molecule has 0 amide bonds. The van der Waals surface area contributed by atoms with Crippen molar-refractivity contribution in [2.75, 3.05) is 12.7 Å². The van der Waals surface area contributed by atoms with Crippen molar-refractivity contribution in [1.29, 1.82) is 0 Å². The van der Waals surface area contributed by atoms with E-state index in [9.17, 15) is 4.79 Å². The van der Waals surface area contributed by atoms with E-state index in [1.54, 1.807) is 0 Å². The first-order chi connectivity index (χ1) is 4.00. The van der Waals surface area contributed by atoms with E-state index < -0.39 is 12.0 Å². The van der Waals surface area contributed by atoms with Crippen LogP contribution in [-0.2, 0) is 16.3 Å². The van der Waals surface area contributed by atoms with E-state index in [0.29, 0.717) is 0 Å². The van der Waals surface area contributed by atoms with Crippen LogP contribution in [0, 0.1) is 0 Å². The van der Waals surface area contributed by atoms with Crippen LogP contribution in [-0.4, -0.2) is 23.5 Å². The van der Waals surface area contributed by atoms with Crippen molar-refractivity contribution in [2.45, 2.75) is 0 Å². The Morgan fingerprint density at radius 1 is 2.00 bits per heavy atom. The molecule has 0 aliphatic rings. The van der Waals surface area contributed by atoms with Gasteiger partial charge < -0.3 is 9.63 Å². The zero-order valence-electron chi connectivity index (χ0n) is 4.70. The first kappa shape index (κ1) is 9.37. The SMILES string of the molecule is CP(=S)(OCCl)C(=O)O. The van der Waals surface area contributed by atoms with Crippen molar-refractivity contribution in [1.82, 2.24) is 0 Å². The molecule has 9 heavy (non-hydrogen) atoms. The molecular formula is C3H6ClO3PS. The topological polar surface area (TPSA) is 46.5 Å². The molecule has 0 fully saturated rings. The molecule has 0 heterocycles. The van der Waals surface area contributed by atoms with E-state index in [1.165, 1.54) is 6.66 Å². The van der Waals surface area contributed by atoms with Gasteiger partial charge in [0, 0.05) is 0 Å². The fraction of sp³-hybridized carbons (Fsp3) is 0.667. The lowest BCUT2D eigenvalue weighted by Crippen LogP contribution is -1.96. The summed E-state index contributed by atoms with van der Waals surface area (Å²) in [7, 11) is 0. The van der Waals surface area contributed by atoms with Crippen LogP contribution in [0.1, 0.15) is 0 Å². The Kier molecular flexibility index (Phi) is 3.66. The molecule has 54 valence electrons. The van der Waals surface area contributed by atoms with Crippen LogP contribution in [0.25, 0.3) is 0 Å². The predicted octanol–water partition coefficient (Wildman–Crippen LogP) is 1.90. The van der Waals surface area contributed by atoms with Crippen LogP contribution in [0.5, 0.6) is 0 Å². The summed E-state index contributed by atoms with van der Waals surface area (Å²) in [4.78, 5) is 10.2. The minimum atomic E-state index is -2.65. The van der Waals surface area contributed by atoms with Crippen molar-refractivity contribution in [3.05, 3.63) is 0 Å². The number of hydrogen-bond donors (Lipinski definition) is 1. The van der Waals surface area contributed by atoms with E-state index in [0.717, 1.165) is 0 Å². The maximum absolute atomic E-state index is 10.2. The van der Waals surface area contributed by atoms with Gasteiger partial charge in [0.2, 0.25) is 0 Å². The Morgan fingerprint density at radius 3 is 2.56 bits per heavy atom. The number of carboxylic acid groups (broad SMARTS) is 1. The largest absolute Gasteiger partial charge is 0.476 e. The number of rotatable bonds is 3. The molecule has 0 spiro atoms. The summed E-state index contributed by atoms with van der Waals surface area (Å²) >= 11 is 9.68. The van der Waals surface area contributed by atoms with Crippen LogP contribution < -0.4 is 0 Å². The molecule has 3 nitrogen and oxygen atoms in total. The third-order valence-corrected chi connectivity index (χ3v) is 3.01. The van der Waals surface area contributed by atoms with Crippen LogP contribution in [0.15, 0.2) is 0 Å². The highest BCUT2D eigenvalue weighted by atomic mass is 35.5. The van der Waals surface area contributed by atoms with Crippen LogP contribution >= 0.6 is 17.9 Å². The summed E-state index contributed by atoms with van der Waals surface area (Å²) in [5.74, 6) is 0. The van der Waals surface area contributed by atoms with Crippen molar-refractivity contribution in [3.63, 3.8) is 0 Å². The van der Waals surface area contributed by atoms with Crippen molar-refractivity contribution < 1.29 is 14.4 Å². The minimum absolute atomic E-state index is 0.153. The number of halogens is 1. The van der Waals surface area contributed by atoms with Gasteiger partial charge in [-0.3, -0.25) is 0 Å². The molecule has 0 aromatic carbocycles. The summed E-state index contributed by atoms with van der Waals surface area (Å²) in [6.07, 6.45) is -2.65. The summed E-state index contributed by atoms with van der Waals surface area (Å²) in [6, 6.07) is -0.153. The predicted molar refractivity (Wildman–Crippen MR) is 40.0 cm³/mol. The fourth-order valence-electron chi connectivity index (χ4n) is 0.148. The lowest BCUT2D eigenvalue weighted by Gasteiger charge is -2.07. The quantitative estimate of drug-likeness (QED) is 0.543. The highest BCUT2D eigenvalue weighted by molar-refractivity contribution is 8.19. The second-order valence-electron chi connectivity index (χ2n) is 1.37. The summed E-state index contributed by atoms with van der Waals surface area (Å²) < 4.78 is 4.58. The summed E-state index contributed by atoms with van der Waals surface area (Å²) in [5, 5.41) is 8.33. The second kappa shape index (κ2) is 3.52. The lowest BCUT2D eigenvalue weighted by molar-refractivity contribution is 0.217. The Bertz CT molecular complexity index is 159. The van der Waals surface area contributed by atoms with Crippen LogP contribution in [0.3, 0.4) is 0 Å². The molecule has 1 unspecified atom stereocenters. The fourth-order valence-corrected chi connectivity index (χ4v) is 1.36. The average Bonchev–Trinajstić information content (AvgIpc) is 1.65. The molecule has 0 aliphatic heterocycles. The van der Waals surface area contributed by atoms with Gasteiger partial charge in [-0.2, -0.15) is 0 Å². The zero-order chi connectivity index (χ0) is 7.49. The van der Waals surface area contributed by atoms with Gasteiger partial charge in [0.1, 0.15) is 6.07 Å². The van der Waals surface area contributed by atoms with Gasteiger partial charge in [0.05, 0.1) is 0 Å². The van der Waals surface area contributed by atoms with Gasteiger partial charge in [-0.25, -0.2) is 4.79 Å². The highest BCUT2D eigenvalue weighted by Gasteiger charge is 2.19. The average molecular weight is 189 g/mol. The third-order valence-electron chi connectivity index (χ3n) is 0.643. The smallest absolute Gasteiger partial charge is 0.359 e. The molecule has 0 bridgehead atoms. The first-order valence-electron chi connectivity index (χ1n) is 2.02. The highest BCUT2D eigenvalue weighted by Crippen LogP contribution is 2.43. The number of hydrogen-bond acceptors (Lipinski definition) is 3. The Hall–Kier alpha value is 0.370. The first-order valence-corrected chi connectivity index (χ1v) is 5.72. The van der Waals surface area contributed by atoms with E-state index in [-0.39, 0.29) is 6.07 Å². The van der Waals surface area contributed by atoms with Crippen molar-refractivity contribution in [3.8, 4) is 0 Å². The summed E-state index contributed by atoms with van der Waals surface area (Å²) in [6.45, 7) is 1.37. The maximum atomic E-state index is 10.2. The number of carbonyl (C=O) groups is 1. The van der Waals surface area contributed by atoms with Crippen molar-refractivity contribution in [2.24, 2.45) is 0 Å². The monoisotopic (exact) mass is 188 g/mol. The lowest BCUT2D eigenvalue weighted by atomic mass is 11.6. The van der Waals surface area contributed by atoms with E-state index in [2.05, 4.69) is 16.3 Å². The molecule has 0 aromatic heterocycles. The van der Waals surface area contributed by atoms with Gasteiger partial charge in [0.15, 0.2) is 6.26 Å².